The Morgan fingerprint density at radius 1 is 1.23 bits per heavy atom. The first-order valence-corrected chi connectivity index (χ1v) is 13.1. The third-order valence-electron chi connectivity index (χ3n) is 8.53. The molecule has 1 N–H and O–H groups in total. The van der Waals surface area contributed by atoms with Gasteiger partial charge in [-0.25, -0.2) is 0 Å². The average Bonchev–Trinajstić information content (AvgIpc) is 3.41. The summed E-state index contributed by atoms with van der Waals surface area (Å²) in [6, 6.07) is -0.773. The number of ether oxygens (including phenoxy) is 2. The summed E-state index contributed by atoms with van der Waals surface area (Å²) in [4.78, 5) is 44.6. The third kappa shape index (κ3) is 4.33. The monoisotopic (exact) mass is 488 g/mol. The van der Waals surface area contributed by atoms with Crippen LogP contribution < -0.4 is 0 Å². The number of aliphatic hydroxyl groups is 1. The lowest BCUT2D eigenvalue weighted by molar-refractivity contribution is -0.161. The fourth-order valence-electron chi connectivity index (χ4n) is 7.01. The van der Waals surface area contributed by atoms with Gasteiger partial charge in [-0.2, -0.15) is 0 Å². The first-order valence-electron chi connectivity index (χ1n) is 13.1. The quantitative estimate of drug-likeness (QED) is 0.273. The predicted octanol–water partition coefficient (Wildman–Crippen LogP) is 2.60. The number of carbonyl (C=O) groups excluding carboxylic acids is 3. The first-order chi connectivity index (χ1) is 16.8. The number of amides is 2. The number of hydrogen-bond donors (Lipinski definition) is 1. The van der Waals surface area contributed by atoms with Gasteiger partial charge in [-0.1, -0.05) is 31.4 Å². The summed E-state index contributed by atoms with van der Waals surface area (Å²) >= 11 is 0. The molecule has 4 aliphatic rings. The zero-order valence-corrected chi connectivity index (χ0v) is 21.0. The minimum absolute atomic E-state index is 0.0290. The smallest absolute Gasteiger partial charge is 0.312 e. The lowest BCUT2D eigenvalue weighted by Gasteiger charge is -2.40. The number of β-amino-alcohol motifs (C(OH)–C–C–N with tert-alkyl or cyclic N) is 1. The molecule has 4 fully saturated rings. The van der Waals surface area contributed by atoms with Gasteiger partial charge in [0.1, 0.15) is 17.6 Å². The lowest BCUT2D eigenvalue weighted by Crippen LogP contribution is -2.58. The van der Waals surface area contributed by atoms with E-state index in [-0.39, 0.29) is 37.6 Å². The highest BCUT2D eigenvalue weighted by atomic mass is 16.6. The van der Waals surface area contributed by atoms with Crippen LogP contribution in [0.1, 0.15) is 64.7 Å². The van der Waals surface area contributed by atoms with Crippen LogP contribution in [-0.2, 0) is 23.9 Å². The molecule has 35 heavy (non-hydrogen) atoms. The van der Waals surface area contributed by atoms with Crippen molar-refractivity contribution >= 4 is 17.8 Å². The molecule has 3 aliphatic heterocycles. The van der Waals surface area contributed by atoms with Crippen molar-refractivity contribution in [2.24, 2.45) is 11.8 Å². The Bertz CT molecular complexity index is 855. The van der Waals surface area contributed by atoms with Crippen LogP contribution in [0.5, 0.6) is 0 Å². The van der Waals surface area contributed by atoms with Crippen LogP contribution in [0.15, 0.2) is 25.3 Å². The van der Waals surface area contributed by atoms with Crippen molar-refractivity contribution < 1.29 is 29.0 Å². The topological polar surface area (TPSA) is 96.4 Å². The Morgan fingerprint density at radius 3 is 2.63 bits per heavy atom. The van der Waals surface area contributed by atoms with Crippen molar-refractivity contribution in [3.8, 4) is 0 Å². The second kappa shape index (κ2) is 10.4. The van der Waals surface area contributed by atoms with Crippen LogP contribution in [0.4, 0.5) is 0 Å². The van der Waals surface area contributed by atoms with Crippen molar-refractivity contribution in [1.82, 2.24) is 9.80 Å². The number of allylic oxidation sites excluding steroid dienone is 1. The van der Waals surface area contributed by atoms with Gasteiger partial charge in [-0.05, 0) is 45.4 Å². The number of esters is 1. The Hall–Kier alpha value is -2.19. The van der Waals surface area contributed by atoms with Gasteiger partial charge in [-0.3, -0.25) is 14.4 Å². The van der Waals surface area contributed by atoms with Crippen molar-refractivity contribution in [3.63, 3.8) is 0 Å². The molecule has 2 bridgehead atoms. The molecule has 3 saturated heterocycles. The van der Waals surface area contributed by atoms with Gasteiger partial charge in [0.05, 0.1) is 24.7 Å². The number of rotatable bonds is 11. The predicted molar refractivity (Wildman–Crippen MR) is 130 cm³/mol. The summed E-state index contributed by atoms with van der Waals surface area (Å²) in [6.07, 6.45) is 11.1. The summed E-state index contributed by atoms with van der Waals surface area (Å²) < 4.78 is 12.2. The molecule has 0 aromatic heterocycles. The SMILES string of the molecule is C=CCCCOC(=O)[C@@H]1[C@H]2C(=O)N(CCO)C(C(=O)N(CC=C)C3CCCCC3)C23CC[C@@]1(C)O3. The number of likely N-dealkylation sites (tertiary alicyclic amines) is 1. The van der Waals surface area contributed by atoms with E-state index in [1.165, 1.54) is 4.90 Å². The summed E-state index contributed by atoms with van der Waals surface area (Å²) in [5.41, 5.74) is -1.94. The molecule has 0 radical (unpaired) electrons. The Morgan fingerprint density at radius 2 is 1.97 bits per heavy atom. The van der Waals surface area contributed by atoms with Crippen molar-refractivity contribution in [1.29, 1.82) is 0 Å². The summed E-state index contributed by atoms with van der Waals surface area (Å²) in [5, 5.41) is 9.78. The van der Waals surface area contributed by atoms with E-state index in [1.54, 1.807) is 12.2 Å². The van der Waals surface area contributed by atoms with Gasteiger partial charge in [-0.15, -0.1) is 13.2 Å². The average molecular weight is 489 g/mol. The van der Waals surface area contributed by atoms with E-state index in [9.17, 15) is 19.5 Å². The van der Waals surface area contributed by atoms with E-state index in [0.717, 1.165) is 38.5 Å². The van der Waals surface area contributed by atoms with E-state index in [4.69, 9.17) is 9.47 Å². The number of unbranched alkanes of at least 4 members (excludes halogenated alkanes) is 1. The van der Waals surface area contributed by atoms with Crippen LogP contribution in [0, 0.1) is 11.8 Å². The van der Waals surface area contributed by atoms with Crippen LogP contribution in [0.3, 0.4) is 0 Å². The second-order valence-corrected chi connectivity index (χ2v) is 10.7. The molecule has 8 heteroatoms. The highest BCUT2D eigenvalue weighted by Crippen LogP contribution is 2.63. The fraction of sp³-hybridized carbons (Fsp3) is 0.741. The maximum absolute atomic E-state index is 14.2. The first kappa shape index (κ1) is 25.9. The molecule has 0 aromatic carbocycles. The summed E-state index contributed by atoms with van der Waals surface area (Å²) in [7, 11) is 0. The van der Waals surface area contributed by atoms with E-state index >= 15 is 0 Å². The molecule has 2 amide bonds. The van der Waals surface area contributed by atoms with Gasteiger partial charge in [0.15, 0.2) is 0 Å². The van der Waals surface area contributed by atoms with E-state index in [0.29, 0.717) is 25.8 Å². The molecule has 8 nitrogen and oxygen atoms in total. The van der Waals surface area contributed by atoms with Crippen molar-refractivity contribution in [2.45, 2.75) is 88.0 Å². The lowest BCUT2D eigenvalue weighted by atomic mass is 9.66. The Kier molecular flexibility index (Phi) is 7.71. The van der Waals surface area contributed by atoms with Gasteiger partial charge < -0.3 is 24.4 Å². The van der Waals surface area contributed by atoms with Gasteiger partial charge >= 0.3 is 5.97 Å². The highest BCUT2D eigenvalue weighted by molar-refractivity contribution is 5.98. The van der Waals surface area contributed by atoms with Crippen LogP contribution in [0.2, 0.25) is 0 Å². The minimum Gasteiger partial charge on any atom is -0.465 e. The molecule has 194 valence electrons. The third-order valence-corrected chi connectivity index (χ3v) is 8.53. The zero-order valence-electron chi connectivity index (χ0n) is 21.0. The number of aliphatic hydroxyl groups excluding tert-OH is 1. The minimum atomic E-state index is -1.09. The highest BCUT2D eigenvalue weighted by Gasteiger charge is 2.78. The molecule has 3 heterocycles. The molecule has 1 spiro atoms. The maximum Gasteiger partial charge on any atom is 0.312 e. The van der Waals surface area contributed by atoms with Crippen molar-refractivity contribution in [2.75, 3.05) is 26.3 Å². The zero-order chi connectivity index (χ0) is 25.2. The summed E-state index contributed by atoms with van der Waals surface area (Å²) in [5.74, 6) is -2.45. The fourth-order valence-corrected chi connectivity index (χ4v) is 7.01. The van der Waals surface area contributed by atoms with Gasteiger partial charge in [0, 0.05) is 19.1 Å². The molecule has 0 aromatic rings. The normalized spacial score (nSPS) is 34.1. The van der Waals surface area contributed by atoms with Gasteiger partial charge in [0.25, 0.3) is 0 Å². The molecule has 1 saturated carbocycles. The molecule has 2 unspecified atom stereocenters. The van der Waals surface area contributed by atoms with Crippen LogP contribution in [0.25, 0.3) is 0 Å². The van der Waals surface area contributed by atoms with Crippen molar-refractivity contribution in [3.05, 3.63) is 25.3 Å². The molecular formula is C27H40N2O6. The van der Waals surface area contributed by atoms with E-state index in [2.05, 4.69) is 13.2 Å². The molecule has 4 rings (SSSR count). The maximum atomic E-state index is 14.2. The molecule has 5 atom stereocenters. The number of nitrogens with zero attached hydrogens (tertiary/aromatic N) is 2. The number of hydrogen-bond acceptors (Lipinski definition) is 6. The second-order valence-electron chi connectivity index (χ2n) is 10.7. The molecule has 1 aliphatic carbocycles. The van der Waals surface area contributed by atoms with E-state index in [1.807, 2.05) is 11.8 Å². The van der Waals surface area contributed by atoms with E-state index < -0.39 is 35.0 Å². The van der Waals surface area contributed by atoms with Crippen LogP contribution >= 0.6 is 0 Å². The largest absolute Gasteiger partial charge is 0.465 e. The molecular weight excluding hydrogens is 448 g/mol. The van der Waals surface area contributed by atoms with Gasteiger partial charge in [0.2, 0.25) is 11.8 Å². The number of fused-ring (bicyclic) bond motifs is 1. The Labute approximate surface area is 208 Å². The Balaban J connectivity index is 1.66. The standard InChI is InChI=1S/C27H40N2O6/c1-4-6-10-18-34-25(33)21-20-23(31)29(16-17-30)22(27(20)14-13-26(21,3)35-27)24(32)28(15-5-2)19-11-8-7-9-12-19/h4-5,19-22,30H,1-2,6-18H2,3H3/t20-,21-,22?,26+,27?/m0/s1. The summed E-state index contributed by atoms with van der Waals surface area (Å²) in [6.45, 7) is 9.83. The van der Waals surface area contributed by atoms with Crippen LogP contribution in [-0.4, -0.2) is 82.3 Å². The number of carbonyl (C=O) groups is 3.